The first-order chi connectivity index (χ1) is 5.63. The van der Waals surface area contributed by atoms with Gasteiger partial charge in [0.05, 0.1) is 0 Å². The van der Waals surface area contributed by atoms with Gasteiger partial charge >= 0.3 is 0 Å². The molecule has 2 atom stereocenters. The van der Waals surface area contributed by atoms with Crippen LogP contribution in [-0.2, 0) is 0 Å². The van der Waals surface area contributed by atoms with Gasteiger partial charge in [0, 0.05) is 12.1 Å². The Bertz CT molecular complexity index is 126. The maximum absolute atomic E-state index is 7.10. The average molecular weight is 118 g/mol. The molecule has 0 radical (unpaired) electrons. The molecule has 0 saturated heterocycles. The van der Waals surface area contributed by atoms with Crippen molar-refractivity contribution in [1.29, 1.82) is 0 Å². The van der Waals surface area contributed by atoms with Gasteiger partial charge < -0.3 is 11.4 Å². The van der Waals surface area contributed by atoms with Crippen molar-refractivity contribution in [3.63, 3.8) is 0 Å². The first kappa shape index (κ1) is 2.67. The van der Waals surface area contributed by atoms with Crippen molar-refractivity contribution < 1.29 is 5.65 Å². The predicted octanol–water partition coefficient (Wildman–Crippen LogP) is 0.215. The van der Waals surface area contributed by atoms with Crippen LogP contribution in [0.25, 0.3) is 0 Å². The zero-order valence-corrected chi connectivity index (χ0v) is 4.88. The molecule has 0 unspecified atom stereocenters. The number of rotatable bonds is 2. The molecule has 0 spiro atoms. The summed E-state index contributed by atoms with van der Waals surface area (Å²) in [5, 5.41) is 0. The molecule has 2 nitrogen and oxygen atoms in total. The van der Waals surface area contributed by atoms with Crippen molar-refractivity contribution >= 4 is 0 Å². The van der Waals surface area contributed by atoms with Crippen molar-refractivity contribution in [3.8, 4) is 0 Å². The molecule has 0 bridgehead atoms. The zero-order valence-electron chi connectivity index (χ0n) is 8.88. The van der Waals surface area contributed by atoms with Crippen LogP contribution in [0.5, 0.6) is 0 Å². The SMILES string of the molecule is [2H]N([2H])[C@@H]1CCCC[C@H]1N([2H])[2H]. The topological polar surface area (TPSA) is 52.0 Å². The van der Waals surface area contributed by atoms with Crippen LogP contribution in [-0.4, -0.2) is 12.1 Å². The van der Waals surface area contributed by atoms with Crippen LogP contribution >= 0.6 is 0 Å². The third-order valence-electron chi connectivity index (χ3n) is 1.69. The molecular formula is C6H14N2. The minimum atomic E-state index is -0.270. The van der Waals surface area contributed by atoms with Gasteiger partial charge in [-0.25, -0.2) is 0 Å². The van der Waals surface area contributed by atoms with Gasteiger partial charge in [0.1, 0.15) is 5.65 Å². The summed E-state index contributed by atoms with van der Waals surface area (Å²) < 4.78 is 28.4. The summed E-state index contributed by atoms with van der Waals surface area (Å²) in [5.41, 5.74) is 1.28. The quantitative estimate of drug-likeness (QED) is 0.545. The van der Waals surface area contributed by atoms with Crippen molar-refractivity contribution in [3.05, 3.63) is 0 Å². The van der Waals surface area contributed by atoms with Crippen LogP contribution in [0, 0.1) is 0 Å². The maximum atomic E-state index is 7.10. The van der Waals surface area contributed by atoms with Crippen LogP contribution in [0.4, 0.5) is 0 Å². The monoisotopic (exact) mass is 118 g/mol. The maximum Gasteiger partial charge on any atom is 0.119 e. The second-order valence-electron chi connectivity index (χ2n) is 2.42. The van der Waals surface area contributed by atoms with Crippen LogP contribution in [0.1, 0.15) is 25.7 Å². The lowest BCUT2D eigenvalue weighted by Crippen LogP contribution is -2.43. The van der Waals surface area contributed by atoms with Gasteiger partial charge in [-0.1, -0.05) is 12.8 Å². The predicted molar refractivity (Wildman–Crippen MR) is 34.4 cm³/mol. The van der Waals surface area contributed by atoms with Crippen LogP contribution in [0.2, 0.25) is 5.65 Å². The molecule has 0 aromatic heterocycles. The highest BCUT2D eigenvalue weighted by Crippen LogP contribution is 2.14. The van der Waals surface area contributed by atoms with E-state index in [2.05, 4.69) is 0 Å². The van der Waals surface area contributed by atoms with Crippen LogP contribution in [0.3, 0.4) is 0 Å². The third-order valence-corrected chi connectivity index (χ3v) is 1.69. The molecule has 1 aliphatic rings. The molecule has 8 heavy (non-hydrogen) atoms. The molecule has 1 rings (SSSR count). The van der Waals surface area contributed by atoms with Crippen molar-refractivity contribution in [2.24, 2.45) is 11.4 Å². The molecule has 48 valence electrons. The molecular weight excluding hydrogens is 100 g/mol. The minimum absolute atomic E-state index is 0.270. The van der Waals surface area contributed by atoms with Gasteiger partial charge in [-0.2, -0.15) is 0 Å². The second kappa shape index (κ2) is 2.46. The summed E-state index contributed by atoms with van der Waals surface area (Å²) in [6.45, 7) is 0. The zero-order chi connectivity index (χ0) is 9.14. The van der Waals surface area contributed by atoms with Gasteiger partial charge in [-0.05, 0) is 12.8 Å². The average Bonchev–Trinajstić information content (AvgIpc) is 2.04. The normalized spacial score (nSPS) is 47.8. The molecule has 1 fully saturated rings. The largest absolute Gasteiger partial charge is 0.326 e. The van der Waals surface area contributed by atoms with Crippen molar-refractivity contribution in [1.82, 2.24) is 0 Å². The highest BCUT2D eigenvalue weighted by molar-refractivity contribution is 4.79. The van der Waals surface area contributed by atoms with Crippen molar-refractivity contribution in [2.75, 3.05) is 0 Å². The summed E-state index contributed by atoms with van der Waals surface area (Å²) >= 11 is 0. The third kappa shape index (κ3) is 1.20. The number of nitrogens with two attached hydrogens (primary N) is 2. The lowest BCUT2D eigenvalue weighted by Gasteiger charge is -2.24. The van der Waals surface area contributed by atoms with Gasteiger partial charge in [-0.3, -0.25) is 0 Å². The van der Waals surface area contributed by atoms with E-state index >= 15 is 0 Å². The van der Waals surface area contributed by atoms with Gasteiger partial charge in [-0.15, -0.1) is 0 Å². The Kier molecular flexibility index (Phi) is 0.822. The molecule has 4 N–H and O–H groups in total. The lowest BCUT2D eigenvalue weighted by molar-refractivity contribution is 0.385. The van der Waals surface area contributed by atoms with E-state index in [1.54, 1.807) is 0 Å². The molecule has 0 aliphatic heterocycles. The van der Waals surface area contributed by atoms with E-state index in [0.29, 0.717) is 11.4 Å². The molecule has 2 heteroatoms. The van der Waals surface area contributed by atoms with Gasteiger partial charge in [0.15, 0.2) is 0 Å². The van der Waals surface area contributed by atoms with E-state index in [4.69, 9.17) is 5.65 Å². The van der Waals surface area contributed by atoms with Gasteiger partial charge in [0.2, 0.25) is 0 Å². The number of hydrogen-bond donors (Lipinski definition) is 2. The fourth-order valence-corrected chi connectivity index (χ4v) is 1.09. The summed E-state index contributed by atoms with van der Waals surface area (Å²) in [6.07, 6.45) is 3.52. The Morgan fingerprint density at radius 2 is 1.62 bits per heavy atom. The number of hydrogen-bond acceptors (Lipinski definition) is 2. The summed E-state index contributed by atoms with van der Waals surface area (Å²) in [7, 11) is 0. The second-order valence-corrected chi connectivity index (χ2v) is 2.42. The Hall–Kier alpha value is -0.0800. The Balaban J connectivity index is 2.54. The van der Waals surface area contributed by atoms with Gasteiger partial charge in [0.25, 0.3) is 0 Å². The molecule has 0 heterocycles. The summed E-state index contributed by atoms with van der Waals surface area (Å²) in [5.74, 6) is 0. The summed E-state index contributed by atoms with van der Waals surface area (Å²) in [4.78, 5) is 0. The molecule has 1 saturated carbocycles. The molecule has 1 aliphatic carbocycles. The minimum Gasteiger partial charge on any atom is -0.326 e. The Morgan fingerprint density at radius 3 is 2.00 bits per heavy atom. The Labute approximate surface area is 56.1 Å². The summed E-state index contributed by atoms with van der Waals surface area (Å²) in [6, 6.07) is -0.539. The first-order valence-corrected chi connectivity index (χ1v) is 3.17. The van der Waals surface area contributed by atoms with Crippen LogP contribution in [0.15, 0.2) is 0 Å². The molecule has 0 amide bonds. The highest BCUT2D eigenvalue weighted by Gasteiger charge is 2.16. The van der Waals surface area contributed by atoms with E-state index in [9.17, 15) is 0 Å². The van der Waals surface area contributed by atoms with E-state index in [0.717, 1.165) is 25.7 Å². The van der Waals surface area contributed by atoms with Crippen LogP contribution < -0.4 is 11.4 Å². The Morgan fingerprint density at radius 1 is 1.12 bits per heavy atom. The van der Waals surface area contributed by atoms with E-state index in [1.807, 2.05) is 0 Å². The van der Waals surface area contributed by atoms with E-state index < -0.39 is 0 Å². The fraction of sp³-hybridized carbons (Fsp3) is 1.00. The molecule has 0 aromatic carbocycles. The molecule has 0 aromatic rings. The van der Waals surface area contributed by atoms with E-state index in [1.165, 1.54) is 0 Å². The first-order valence-electron chi connectivity index (χ1n) is 4.96. The smallest absolute Gasteiger partial charge is 0.119 e. The highest BCUT2D eigenvalue weighted by atomic mass is 14.8. The fourth-order valence-electron chi connectivity index (χ4n) is 1.09. The lowest BCUT2D eigenvalue weighted by atomic mass is 9.92. The standard InChI is InChI=1S/C6H14N2/c7-5-3-1-2-4-6(5)8/h5-6H,1-4,7-8H2/t5-,6-/m1/s1/i/hD4. The van der Waals surface area contributed by atoms with E-state index in [-0.39, 0.29) is 12.1 Å². The van der Waals surface area contributed by atoms with Crippen molar-refractivity contribution in [2.45, 2.75) is 37.8 Å².